The number of likely N-dealkylation sites (N-methyl/N-ethyl adjacent to an activating group) is 1. The second-order valence-corrected chi connectivity index (χ2v) is 8.23. The van der Waals surface area contributed by atoms with E-state index in [-0.39, 0.29) is 17.7 Å². The molecule has 172 valence electrons. The number of aliphatic imine (C=N–C) groups is 1. The predicted molar refractivity (Wildman–Crippen MR) is 122 cm³/mol. The highest BCUT2D eigenvalue weighted by molar-refractivity contribution is 6.16. The van der Waals surface area contributed by atoms with E-state index >= 15 is 0 Å². The molecule has 1 fully saturated rings. The lowest BCUT2D eigenvalue weighted by molar-refractivity contribution is -0.124. The number of fused-ring (bicyclic) bond motifs is 1. The number of carbonyl (C=O) groups is 2. The SMILES string of the molecule is CCCC1=NN(C)C2C(=O)NC(c3cc(C(=O)CN4CCOCC4)ccc3OCC)=NC12. The highest BCUT2D eigenvalue weighted by Crippen LogP contribution is 2.27. The van der Waals surface area contributed by atoms with E-state index < -0.39 is 6.04 Å². The minimum absolute atomic E-state index is 0.0191. The lowest BCUT2D eigenvalue weighted by atomic mass is 9.97. The van der Waals surface area contributed by atoms with Crippen molar-refractivity contribution >= 4 is 23.2 Å². The maximum atomic E-state index is 13.0. The van der Waals surface area contributed by atoms with Gasteiger partial charge in [0.1, 0.15) is 17.6 Å². The molecule has 1 aromatic rings. The molecule has 9 nitrogen and oxygen atoms in total. The first-order valence-electron chi connectivity index (χ1n) is 11.3. The lowest BCUT2D eigenvalue weighted by Gasteiger charge is -2.28. The van der Waals surface area contributed by atoms with E-state index in [0.29, 0.717) is 49.1 Å². The van der Waals surface area contributed by atoms with Crippen LogP contribution in [0.15, 0.2) is 28.3 Å². The summed E-state index contributed by atoms with van der Waals surface area (Å²) in [6.07, 6.45) is 1.71. The lowest BCUT2D eigenvalue weighted by Crippen LogP contribution is -2.54. The summed E-state index contributed by atoms with van der Waals surface area (Å²) in [6, 6.07) is 4.57. The Bertz CT molecular complexity index is 938. The van der Waals surface area contributed by atoms with Gasteiger partial charge in [0.25, 0.3) is 5.91 Å². The van der Waals surface area contributed by atoms with Crippen molar-refractivity contribution in [1.82, 2.24) is 15.2 Å². The Morgan fingerprint density at radius 2 is 2.06 bits per heavy atom. The molecule has 0 spiro atoms. The highest BCUT2D eigenvalue weighted by atomic mass is 16.5. The minimum atomic E-state index is -0.443. The quantitative estimate of drug-likeness (QED) is 0.612. The molecule has 0 bridgehead atoms. The number of carbonyl (C=O) groups excluding carboxylic acids is 2. The molecule has 0 saturated carbocycles. The Hall–Kier alpha value is -2.78. The number of rotatable bonds is 8. The number of nitrogens with zero attached hydrogens (tertiary/aromatic N) is 4. The summed E-state index contributed by atoms with van der Waals surface area (Å²) >= 11 is 0. The van der Waals surface area contributed by atoms with E-state index in [1.165, 1.54) is 0 Å². The fourth-order valence-corrected chi connectivity index (χ4v) is 4.35. The number of amidine groups is 1. The average molecular weight is 442 g/mol. The Kier molecular flexibility index (Phi) is 6.86. The summed E-state index contributed by atoms with van der Waals surface area (Å²) in [4.78, 5) is 32.9. The molecule has 1 amide bonds. The van der Waals surface area contributed by atoms with Crippen LogP contribution in [-0.2, 0) is 9.53 Å². The maximum Gasteiger partial charge on any atom is 0.252 e. The van der Waals surface area contributed by atoms with Gasteiger partial charge in [0.15, 0.2) is 11.8 Å². The molecule has 0 radical (unpaired) electrons. The number of Topliss-reactive ketones (excluding diaryl/α,β-unsaturated/α-hetero) is 1. The monoisotopic (exact) mass is 441 g/mol. The summed E-state index contributed by atoms with van der Waals surface area (Å²) in [5, 5.41) is 9.16. The van der Waals surface area contributed by atoms with Crippen LogP contribution in [0, 0.1) is 0 Å². The van der Waals surface area contributed by atoms with Crippen molar-refractivity contribution in [3.05, 3.63) is 29.3 Å². The molecule has 2 atom stereocenters. The van der Waals surface area contributed by atoms with Crippen molar-refractivity contribution < 1.29 is 19.1 Å². The summed E-state index contributed by atoms with van der Waals surface area (Å²) in [7, 11) is 1.80. The van der Waals surface area contributed by atoms with Crippen molar-refractivity contribution in [2.75, 3.05) is 46.5 Å². The van der Waals surface area contributed by atoms with Crippen molar-refractivity contribution in [3.63, 3.8) is 0 Å². The van der Waals surface area contributed by atoms with Gasteiger partial charge in [-0.05, 0) is 31.5 Å². The zero-order valence-corrected chi connectivity index (χ0v) is 19.0. The molecular weight excluding hydrogens is 410 g/mol. The molecule has 2 unspecified atom stereocenters. The molecule has 3 aliphatic rings. The van der Waals surface area contributed by atoms with E-state index in [9.17, 15) is 9.59 Å². The molecule has 3 heterocycles. The van der Waals surface area contributed by atoms with E-state index in [1.807, 2.05) is 6.92 Å². The predicted octanol–water partition coefficient (Wildman–Crippen LogP) is 1.32. The number of benzene rings is 1. The first kappa shape index (κ1) is 22.4. The van der Waals surface area contributed by atoms with Crippen LogP contribution in [0.25, 0.3) is 0 Å². The van der Waals surface area contributed by atoms with E-state index in [4.69, 9.17) is 14.5 Å². The highest BCUT2D eigenvalue weighted by Gasteiger charge is 2.43. The average Bonchev–Trinajstić information content (AvgIpc) is 3.10. The second-order valence-electron chi connectivity index (χ2n) is 8.23. The third-order valence-electron chi connectivity index (χ3n) is 5.94. The zero-order valence-electron chi connectivity index (χ0n) is 19.0. The van der Waals surface area contributed by atoms with Gasteiger partial charge in [0.05, 0.1) is 37.6 Å². The molecule has 3 aliphatic heterocycles. The summed E-state index contributed by atoms with van der Waals surface area (Å²) in [5.41, 5.74) is 2.10. The van der Waals surface area contributed by atoms with Gasteiger partial charge >= 0.3 is 0 Å². The van der Waals surface area contributed by atoms with Gasteiger partial charge in [-0.3, -0.25) is 24.5 Å². The molecule has 4 rings (SSSR count). The third kappa shape index (κ3) is 4.54. The van der Waals surface area contributed by atoms with Crippen molar-refractivity contribution in [2.24, 2.45) is 10.1 Å². The van der Waals surface area contributed by atoms with Crippen LogP contribution in [0.3, 0.4) is 0 Å². The van der Waals surface area contributed by atoms with Gasteiger partial charge in [0.2, 0.25) is 0 Å². The first-order valence-corrected chi connectivity index (χ1v) is 11.3. The Labute approximate surface area is 188 Å². The van der Waals surface area contributed by atoms with Crippen LogP contribution in [0.1, 0.15) is 42.6 Å². The number of ketones is 1. The van der Waals surface area contributed by atoms with Gasteiger partial charge in [0, 0.05) is 25.7 Å². The molecule has 1 aromatic carbocycles. The molecule has 32 heavy (non-hydrogen) atoms. The van der Waals surface area contributed by atoms with Gasteiger partial charge in [-0.25, -0.2) is 0 Å². The smallest absolute Gasteiger partial charge is 0.252 e. The van der Waals surface area contributed by atoms with Gasteiger partial charge in [-0.15, -0.1) is 0 Å². The van der Waals surface area contributed by atoms with Gasteiger partial charge in [-0.1, -0.05) is 13.3 Å². The number of hydrogen-bond donors (Lipinski definition) is 1. The van der Waals surface area contributed by atoms with Crippen LogP contribution in [-0.4, -0.2) is 91.7 Å². The Morgan fingerprint density at radius 3 is 2.78 bits per heavy atom. The van der Waals surface area contributed by atoms with E-state index in [0.717, 1.165) is 31.6 Å². The first-order chi connectivity index (χ1) is 15.5. The van der Waals surface area contributed by atoms with Gasteiger partial charge < -0.3 is 14.8 Å². The van der Waals surface area contributed by atoms with Crippen LogP contribution in [0.4, 0.5) is 0 Å². The number of nitrogens with one attached hydrogen (secondary N) is 1. The summed E-state index contributed by atoms with van der Waals surface area (Å²) in [6.45, 7) is 7.55. The maximum absolute atomic E-state index is 13.0. The van der Waals surface area contributed by atoms with Crippen LogP contribution < -0.4 is 10.1 Å². The molecular formula is C23H31N5O4. The molecule has 9 heteroatoms. The molecule has 1 N–H and O–H groups in total. The van der Waals surface area contributed by atoms with Crippen molar-refractivity contribution in [3.8, 4) is 5.75 Å². The fraction of sp³-hybridized carbons (Fsp3) is 0.565. The molecule has 1 saturated heterocycles. The largest absolute Gasteiger partial charge is 0.493 e. The number of hydrogen-bond acceptors (Lipinski definition) is 8. The third-order valence-corrected chi connectivity index (χ3v) is 5.94. The number of hydrazone groups is 1. The summed E-state index contributed by atoms with van der Waals surface area (Å²) < 4.78 is 11.2. The van der Waals surface area contributed by atoms with Crippen LogP contribution in [0.2, 0.25) is 0 Å². The van der Waals surface area contributed by atoms with Crippen LogP contribution >= 0.6 is 0 Å². The number of morpholine rings is 1. The normalized spacial score (nSPS) is 23.3. The van der Waals surface area contributed by atoms with Crippen LogP contribution in [0.5, 0.6) is 5.75 Å². The van der Waals surface area contributed by atoms with Crippen molar-refractivity contribution in [1.29, 1.82) is 0 Å². The summed E-state index contributed by atoms with van der Waals surface area (Å²) in [5.74, 6) is 0.892. The minimum Gasteiger partial charge on any atom is -0.493 e. The fourth-order valence-electron chi connectivity index (χ4n) is 4.35. The topological polar surface area (TPSA) is 95.8 Å². The number of amides is 1. The Morgan fingerprint density at radius 1 is 1.28 bits per heavy atom. The molecule has 0 aliphatic carbocycles. The standard InChI is InChI=1S/C23H31N5O4/c1-4-6-17-20-21(27(3)26-17)23(30)25-22(24-20)16-13-15(7-8-19(16)32-5-2)18(29)14-28-9-11-31-12-10-28/h7-8,13,20-21H,4-6,9-12,14H2,1-3H3,(H,24,25,30). The Balaban J connectivity index is 1.65. The van der Waals surface area contributed by atoms with Crippen molar-refractivity contribution in [2.45, 2.75) is 38.8 Å². The second kappa shape index (κ2) is 9.79. The zero-order chi connectivity index (χ0) is 22.7. The molecule has 0 aromatic heterocycles. The number of ether oxygens (including phenoxy) is 2. The van der Waals surface area contributed by atoms with Gasteiger partial charge in [-0.2, -0.15) is 5.10 Å². The van der Waals surface area contributed by atoms with E-state index in [1.54, 1.807) is 30.3 Å². The van der Waals surface area contributed by atoms with E-state index in [2.05, 4.69) is 22.2 Å².